The Kier molecular flexibility index (Phi) is 15.1. The lowest BCUT2D eigenvalue weighted by molar-refractivity contribution is 0.0179. The Hall–Kier alpha value is -0.970. The van der Waals surface area contributed by atoms with Gasteiger partial charge in [0.2, 0.25) is 0 Å². The van der Waals surface area contributed by atoms with Crippen molar-refractivity contribution in [2.24, 2.45) is 4.99 Å². The number of nitrogens with zero attached hydrogens (tertiary/aromatic N) is 3. The second-order valence-corrected chi connectivity index (χ2v) is 7.60. The number of nitrogens with one attached hydrogen (secondary N) is 2. The molecule has 2 rings (SSSR count). The number of ether oxygens (including phenoxy) is 1. The molecule has 1 aliphatic rings. The number of halogens is 2. The molecule has 0 bridgehead atoms. The minimum Gasteiger partial charge on any atom is -0.379 e. The zero-order valence-corrected chi connectivity index (χ0v) is 21.7. The summed E-state index contributed by atoms with van der Waals surface area (Å²) >= 11 is 0. The monoisotopic (exact) mass is 549 g/mol. The third-order valence-corrected chi connectivity index (χ3v) is 5.60. The van der Waals surface area contributed by atoms with Crippen molar-refractivity contribution in [2.75, 3.05) is 65.6 Å². The lowest BCUT2D eigenvalue weighted by Crippen LogP contribution is -2.42. The summed E-state index contributed by atoms with van der Waals surface area (Å²) in [5, 5.41) is 6.82. The molecule has 1 fully saturated rings. The standard InChI is InChI=1S/C23H40FN5O.HI/c1-4-25-23(26-13-7-8-14-28(5-2)6-3)27-19-22(29-15-17-30-18-16-29)20-9-11-21(24)12-10-20;/h9-12,22H,4-8,13-19H2,1-3H3,(H2,25,26,27);1H. The van der Waals surface area contributed by atoms with E-state index in [1.54, 1.807) is 0 Å². The predicted octanol–water partition coefficient (Wildman–Crippen LogP) is 3.49. The Morgan fingerprint density at radius 1 is 1.10 bits per heavy atom. The number of aliphatic imine (C=N–C) groups is 1. The summed E-state index contributed by atoms with van der Waals surface area (Å²) in [4.78, 5) is 9.70. The fourth-order valence-corrected chi connectivity index (χ4v) is 3.73. The Bertz CT molecular complexity index is 606. The highest BCUT2D eigenvalue weighted by Crippen LogP contribution is 2.22. The topological polar surface area (TPSA) is 52.1 Å². The van der Waals surface area contributed by atoms with Crippen LogP contribution in [-0.2, 0) is 4.74 Å². The Morgan fingerprint density at radius 3 is 2.39 bits per heavy atom. The molecule has 178 valence electrons. The van der Waals surface area contributed by atoms with Gasteiger partial charge >= 0.3 is 0 Å². The van der Waals surface area contributed by atoms with Crippen molar-refractivity contribution in [1.82, 2.24) is 20.4 Å². The first-order valence-electron chi connectivity index (χ1n) is 11.5. The highest BCUT2D eigenvalue weighted by atomic mass is 127. The number of rotatable bonds is 12. The van der Waals surface area contributed by atoms with Crippen LogP contribution < -0.4 is 10.6 Å². The molecule has 0 aromatic heterocycles. The van der Waals surface area contributed by atoms with Crippen molar-refractivity contribution < 1.29 is 9.13 Å². The van der Waals surface area contributed by atoms with E-state index in [-0.39, 0.29) is 35.8 Å². The molecule has 0 saturated carbocycles. The van der Waals surface area contributed by atoms with Gasteiger partial charge in [0, 0.05) is 26.2 Å². The second-order valence-electron chi connectivity index (χ2n) is 7.60. The van der Waals surface area contributed by atoms with Crippen molar-refractivity contribution in [3.05, 3.63) is 35.6 Å². The summed E-state index contributed by atoms with van der Waals surface area (Å²) in [6, 6.07) is 6.93. The number of hydrogen-bond donors (Lipinski definition) is 2. The van der Waals surface area contributed by atoms with E-state index in [0.29, 0.717) is 6.54 Å². The first-order chi connectivity index (χ1) is 14.7. The van der Waals surface area contributed by atoms with Gasteiger partial charge in [-0.3, -0.25) is 9.89 Å². The Morgan fingerprint density at radius 2 is 1.77 bits per heavy atom. The van der Waals surface area contributed by atoms with Gasteiger partial charge in [-0.25, -0.2) is 4.39 Å². The van der Waals surface area contributed by atoms with Crippen molar-refractivity contribution in [2.45, 2.75) is 39.7 Å². The van der Waals surface area contributed by atoms with Crippen LogP contribution in [0.4, 0.5) is 4.39 Å². The summed E-state index contributed by atoms with van der Waals surface area (Å²) in [5.41, 5.74) is 1.09. The molecule has 0 spiro atoms. The van der Waals surface area contributed by atoms with E-state index in [0.717, 1.165) is 77.0 Å². The molecule has 6 nitrogen and oxygen atoms in total. The zero-order valence-electron chi connectivity index (χ0n) is 19.4. The molecule has 1 aromatic carbocycles. The molecule has 1 heterocycles. The number of guanidine groups is 1. The fraction of sp³-hybridized carbons (Fsp3) is 0.696. The van der Waals surface area contributed by atoms with Gasteiger partial charge in [0.15, 0.2) is 5.96 Å². The molecule has 0 radical (unpaired) electrons. The summed E-state index contributed by atoms with van der Waals surface area (Å²) in [6.45, 7) is 15.4. The number of unbranched alkanes of at least 4 members (excludes halogenated alkanes) is 1. The third kappa shape index (κ3) is 10.5. The largest absolute Gasteiger partial charge is 0.379 e. The van der Waals surface area contributed by atoms with Crippen LogP contribution in [0.25, 0.3) is 0 Å². The van der Waals surface area contributed by atoms with Gasteiger partial charge in [-0.15, -0.1) is 24.0 Å². The summed E-state index contributed by atoms with van der Waals surface area (Å²) in [6.07, 6.45) is 2.30. The van der Waals surface area contributed by atoms with Gasteiger partial charge in [0.25, 0.3) is 0 Å². The minimum atomic E-state index is -0.206. The highest BCUT2D eigenvalue weighted by molar-refractivity contribution is 14.0. The molecule has 0 aliphatic carbocycles. The van der Waals surface area contributed by atoms with E-state index in [4.69, 9.17) is 9.73 Å². The molecule has 0 amide bonds. The van der Waals surface area contributed by atoms with E-state index >= 15 is 0 Å². The molecular weight excluding hydrogens is 508 g/mol. The Labute approximate surface area is 205 Å². The van der Waals surface area contributed by atoms with Crippen LogP contribution in [-0.4, -0.2) is 81.3 Å². The molecule has 1 saturated heterocycles. The molecule has 1 aliphatic heterocycles. The lowest BCUT2D eigenvalue weighted by Gasteiger charge is -2.34. The third-order valence-electron chi connectivity index (χ3n) is 5.60. The number of morpholine rings is 1. The zero-order chi connectivity index (χ0) is 21.6. The van der Waals surface area contributed by atoms with Gasteiger partial charge in [0.1, 0.15) is 5.82 Å². The SMILES string of the molecule is CCNC(=NCC(c1ccc(F)cc1)N1CCOCC1)NCCCCN(CC)CC.I. The van der Waals surface area contributed by atoms with Crippen LogP contribution in [0.15, 0.2) is 29.3 Å². The lowest BCUT2D eigenvalue weighted by atomic mass is 10.0. The van der Waals surface area contributed by atoms with Gasteiger partial charge in [-0.2, -0.15) is 0 Å². The maximum atomic E-state index is 13.4. The van der Waals surface area contributed by atoms with Gasteiger partial charge < -0.3 is 20.3 Å². The smallest absolute Gasteiger partial charge is 0.191 e. The second kappa shape index (κ2) is 16.6. The van der Waals surface area contributed by atoms with E-state index in [9.17, 15) is 4.39 Å². The van der Waals surface area contributed by atoms with Crippen molar-refractivity contribution >= 4 is 29.9 Å². The predicted molar refractivity (Wildman–Crippen MR) is 138 cm³/mol. The minimum absolute atomic E-state index is 0. The summed E-state index contributed by atoms with van der Waals surface area (Å²) < 4.78 is 18.9. The van der Waals surface area contributed by atoms with Crippen LogP contribution in [0.2, 0.25) is 0 Å². The van der Waals surface area contributed by atoms with E-state index in [1.807, 2.05) is 12.1 Å². The normalized spacial score (nSPS) is 16.1. The molecule has 2 N–H and O–H groups in total. The van der Waals surface area contributed by atoms with Crippen LogP contribution >= 0.6 is 24.0 Å². The fourth-order valence-electron chi connectivity index (χ4n) is 3.73. The van der Waals surface area contributed by atoms with Crippen LogP contribution in [0.3, 0.4) is 0 Å². The molecule has 1 unspecified atom stereocenters. The van der Waals surface area contributed by atoms with Crippen molar-refractivity contribution in [1.29, 1.82) is 0 Å². The van der Waals surface area contributed by atoms with Gasteiger partial charge in [-0.05, 0) is 57.1 Å². The quantitative estimate of drug-likeness (QED) is 0.181. The van der Waals surface area contributed by atoms with E-state index in [2.05, 4.69) is 41.2 Å². The molecule has 1 atom stereocenters. The first-order valence-corrected chi connectivity index (χ1v) is 11.5. The summed E-state index contributed by atoms with van der Waals surface area (Å²) in [7, 11) is 0. The van der Waals surface area contributed by atoms with Crippen LogP contribution in [0, 0.1) is 5.82 Å². The molecule has 8 heteroatoms. The van der Waals surface area contributed by atoms with E-state index < -0.39 is 0 Å². The molecule has 1 aromatic rings. The highest BCUT2D eigenvalue weighted by Gasteiger charge is 2.22. The Balaban J connectivity index is 0.00000480. The maximum absolute atomic E-state index is 13.4. The van der Waals surface area contributed by atoms with E-state index in [1.165, 1.54) is 18.6 Å². The van der Waals surface area contributed by atoms with Crippen LogP contribution in [0.5, 0.6) is 0 Å². The van der Waals surface area contributed by atoms with Gasteiger partial charge in [-0.1, -0.05) is 26.0 Å². The van der Waals surface area contributed by atoms with Gasteiger partial charge in [0.05, 0.1) is 25.8 Å². The van der Waals surface area contributed by atoms with Crippen molar-refractivity contribution in [3.63, 3.8) is 0 Å². The average molecular weight is 550 g/mol. The molecular formula is C23H41FIN5O. The molecule has 31 heavy (non-hydrogen) atoms. The van der Waals surface area contributed by atoms with Crippen molar-refractivity contribution in [3.8, 4) is 0 Å². The number of benzene rings is 1. The average Bonchev–Trinajstić information content (AvgIpc) is 2.78. The number of hydrogen-bond acceptors (Lipinski definition) is 4. The maximum Gasteiger partial charge on any atom is 0.191 e. The first kappa shape index (κ1) is 28.1. The summed E-state index contributed by atoms with van der Waals surface area (Å²) in [5.74, 6) is 0.642. The van der Waals surface area contributed by atoms with Crippen LogP contribution in [0.1, 0.15) is 45.2 Å².